The zero-order valence-electron chi connectivity index (χ0n) is 10.5. The number of hydrogen-bond donors (Lipinski definition) is 2. The number of aliphatic carboxylic acids is 1. The number of nitrogens with zero attached hydrogens (tertiary/aromatic N) is 2. The minimum atomic E-state index is -1.02. The van der Waals surface area contributed by atoms with Crippen LogP contribution in [0.4, 0.5) is 0 Å². The van der Waals surface area contributed by atoms with E-state index in [4.69, 9.17) is 4.52 Å². The van der Waals surface area contributed by atoms with Crippen LogP contribution in [0.2, 0.25) is 0 Å². The lowest BCUT2D eigenvalue weighted by Crippen LogP contribution is -2.48. The Bertz CT molecular complexity index is 431. The summed E-state index contributed by atoms with van der Waals surface area (Å²) in [6, 6.07) is 0.969. The van der Waals surface area contributed by atoms with E-state index in [0.717, 1.165) is 6.42 Å². The summed E-state index contributed by atoms with van der Waals surface area (Å²) in [7, 11) is 0. The van der Waals surface area contributed by atoms with Gasteiger partial charge in [0.15, 0.2) is 6.23 Å². The summed E-state index contributed by atoms with van der Waals surface area (Å²) < 4.78 is 4.91. The average Bonchev–Trinajstić information content (AvgIpc) is 2.74. The highest BCUT2D eigenvalue weighted by molar-refractivity contribution is 5.73. The number of rotatable bonds is 3. The Morgan fingerprint density at radius 3 is 2.89 bits per heavy atom. The number of carboxylic acid groups (broad SMARTS) is 1. The molecule has 0 bridgehead atoms. The molecular weight excluding hydrogens is 236 g/mol. The third-order valence-corrected chi connectivity index (χ3v) is 3.37. The highest BCUT2D eigenvalue weighted by atomic mass is 16.5. The van der Waals surface area contributed by atoms with Crippen LogP contribution in [0.5, 0.6) is 0 Å². The first-order valence-electron chi connectivity index (χ1n) is 6.09. The number of aryl methyl sites for hydroxylation is 1. The lowest BCUT2D eigenvalue weighted by Gasteiger charge is -2.38. The van der Waals surface area contributed by atoms with E-state index in [9.17, 15) is 15.0 Å². The Morgan fingerprint density at radius 1 is 1.61 bits per heavy atom. The third kappa shape index (κ3) is 2.54. The second kappa shape index (κ2) is 5.07. The van der Waals surface area contributed by atoms with Crippen LogP contribution >= 0.6 is 0 Å². The predicted molar refractivity (Wildman–Crippen MR) is 62.7 cm³/mol. The topological polar surface area (TPSA) is 86.8 Å². The molecule has 1 aliphatic rings. The van der Waals surface area contributed by atoms with E-state index in [1.807, 2.05) is 6.92 Å². The van der Waals surface area contributed by atoms with Crippen LogP contribution in [-0.4, -0.2) is 38.8 Å². The summed E-state index contributed by atoms with van der Waals surface area (Å²) in [5.41, 5.74) is 0.368. The quantitative estimate of drug-likeness (QED) is 0.841. The summed E-state index contributed by atoms with van der Waals surface area (Å²) in [6.45, 7) is 4.33. The first-order chi connectivity index (χ1) is 8.49. The summed E-state index contributed by atoms with van der Waals surface area (Å²) in [4.78, 5) is 12.8. The molecule has 2 heterocycles. The van der Waals surface area contributed by atoms with Crippen molar-refractivity contribution in [3.63, 3.8) is 0 Å². The normalized spacial score (nSPS) is 27.1. The maximum atomic E-state index is 11.2. The van der Waals surface area contributed by atoms with Gasteiger partial charge in [-0.25, -0.2) is 0 Å². The predicted octanol–water partition coefficient (Wildman–Crippen LogP) is 1.16. The van der Waals surface area contributed by atoms with Crippen molar-refractivity contribution in [2.75, 3.05) is 6.54 Å². The van der Waals surface area contributed by atoms with E-state index in [1.54, 1.807) is 17.9 Å². The molecule has 2 rings (SSSR count). The molecule has 1 aromatic heterocycles. The molecule has 0 spiro atoms. The number of aliphatic hydroxyl groups excluding tert-OH is 1. The summed E-state index contributed by atoms with van der Waals surface area (Å²) in [6.07, 6.45) is 0.383. The van der Waals surface area contributed by atoms with Crippen molar-refractivity contribution in [2.45, 2.75) is 39.0 Å². The van der Waals surface area contributed by atoms with E-state index in [1.165, 1.54) is 0 Å². The maximum absolute atomic E-state index is 11.2. The van der Waals surface area contributed by atoms with Crippen LogP contribution in [0, 0.1) is 12.8 Å². The molecule has 0 saturated carbocycles. The van der Waals surface area contributed by atoms with Gasteiger partial charge < -0.3 is 14.7 Å². The molecule has 1 aromatic rings. The van der Waals surface area contributed by atoms with E-state index in [-0.39, 0.29) is 0 Å². The third-order valence-electron chi connectivity index (χ3n) is 3.37. The van der Waals surface area contributed by atoms with Gasteiger partial charge in [-0.2, -0.15) is 0 Å². The molecule has 1 fully saturated rings. The van der Waals surface area contributed by atoms with Gasteiger partial charge >= 0.3 is 5.97 Å². The van der Waals surface area contributed by atoms with Gasteiger partial charge in [0.2, 0.25) is 0 Å². The Morgan fingerprint density at radius 2 is 2.33 bits per heavy atom. The number of carbonyl (C=O) groups is 1. The van der Waals surface area contributed by atoms with Gasteiger partial charge in [0.1, 0.15) is 17.5 Å². The fraction of sp³-hybridized carbons (Fsp3) is 0.667. The number of carboxylic acids is 1. The lowest BCUT2D eigenvalue weighted by molar-refractivity contribution is -0.153. The van der Waals surface area contributed by atoms with Gasteiger partial charge in [-0.1, -0.05) is 12.1 Å². The van der Waals surface area contributed by atoms with Gasteiger partial charge in [0.05, 0.1) is 0 Å². The number of aliphatic hydroxyl groups is 1. The van der Waals surface area contributed by atoms with Gasteiger partial charge in [0.25, 0.3) is 0 Å². The van der Waals surface area contributed by atoms with Crippen LogP contribution in [0.15, 0.2) is 10.6 Å². The van der Waals surface area contributed by atoms with Crippen LogP contribution in [0.25, 0.3) is 0 Å². The van der Waals surface area contributed by atoms with Crippen LogP contribution in [-0.2, 0) is 4.79 Å². The Labute approximate surface area is 105 Å². The van der Waals surface area contributed by atoms with Crippen molar-refractivity contribution in [2.24, 2.45) is 5.92 Å². The Kier molecular flexibility index (Phi) is 3.68. The first-order valence-corrected chi connectivity index (χ1v) is 6.09. The molecular formula is C12H18N2O4. The molecule has 0 radical (unpaired) electrons. The highest BCUT2D eigenvalue weighted by Crippen LogP contribution is 2.29. The van der Waals surface area contributed by atoms with Crippen molar-refractivity contribution in [1.29, 1.82) is 0 Å². The molecule has 0 aliphatic carbocycles. The van der Waals surface area contributed by atoms with Crippen molar-refractivity contribution in [3.05, 3.63) is 17.5 Å². The second-order valence-electron chi connectivity index (χ2n) is 4.97. The van der Waals surface area contributed by atoms with Gasteiger partial charge in [-0.15, -0.1) is 0 Å². The average molecular weight is 254 g/mol. The Hall–Kier alpha value is -1.40. The van der Waals surface area contributed by atoms with Crippen molar-refractivity contribution in [1.82, 2.24) is 10.1 Å². The smallest absolute Gasteiger partial charge is 0.321 e. The number of piperidine rings is 1. The standard InChI is InChI=1S/C12H18N2O4/c1-7-3-4-10(12(16)17)14(6-7)11(15)9-5-8(2)18-13-9/h5,7,10-11,15H,3-4,6H2,1-2H3,(H,16,17). The monoisotopic (exact) mass is 254 g/mol. The van der Waals surface area contributed by atoms with Gasteiger partial charge in [0, 0.05) is 12.6 Å². The molecule has 18 heavy (non-hydrogen) atoms. The van der Waals surface area contributed by atoms with Crippen molar-refractivity contribution < 1.29 is 19.5 Å². The summed E-state index contributed by atoms with van der Waals surface area (Å²) in [5.74, 6) is 0.0606. The molecule has 0 aromatic carbocycles. The van der Waals surface area contributed by atoms with Crippen LogP contribution in [0.3, 0.4) is 0 Å². The van der Waals surface area contributed by atoms with Crippen molar-refractivity contribution >= 4 is 5.97 Å². The molecule has 6 nitrogen and oxygen atoms in total. The van der Waals surface area contributed by atoms with Crippen molar-refractivity contribution in [3.8, 4) is 0 Å². The van der Waals surface area contributed by atoms with E-state index < -0.39 is 18.2 Å². The van der Waals surface area contributed by atoms with Crippen LogP contribution < -0.4 is 0 Å². The zero-order valence-corrected chi connectivity index (χ0v) is 10.5. The molecule has 0 amide bonds. The molecule has 1 saturated heterocycles. The zero-order chi connectivity index (χ0) is 13.3. The second-order valence-corrected chi connectivity index (χ2v) is 4.97. The molecule has 3 unspecified atom stereocenters. The molecule has 100 valence electrons. The fourth-order valence-corrected chi connectivity index (χ4v) is 2.40. The SMILES string of the molecule is Cc1cc(C(O)N2CC(C)CCC2C(=O)O)no1. The fourth-order valence-electron chi connectivity index (χ4n) is 2.40. The Balaban J connectivity index is 2.19. The highest BCUT2D eigenvalue weighted by Gasteiger charge is 2.36. The largest absolute Gasteiger partial charge is 0.480 e. The minimum absolute atomic E-state index is 0.364. The van der Waals surface area contributed by atoms with E-state index in [0.29, 0.717) is 30.3 Å². The van der Waals surface area contributed by atoms with Gasteiger partial charge in [-0.3, -0.25) is 9.69 Å². The van der Waals surface area contributed by atoms with E-state index >= 15 is 0 Å². The molecule has 3 atom stereocenters. The lowest BCUT2D eigenvalue weighted by atomic mass is 9.93. The first kappa shape index (κ1) is 13.0. The minimum Gasteiger partial charge on any atom is -0.480 e. The maximum Gasteiger partial charge on any atom is 0.321 e. The van der Waals surface area contributed by atoms with Crippen LogP contribution in [0.1, 0.15) is 37.4 Å². The summed E-state index contributed by atoms with van der Waals surface area (Å²) >= 11 is 0. The number of hydrogen-bond acceptors (Lipinski definition) is 5. The number of likely N-dealkylation sites (tertiary alicyclic amines) is 1. The van der Waals surface area contributed by atoms with E-state index in [2.05, 4.69) is 5.16 Å². The number of aromatic nitrogens is 1. The molecule has 2 N–H and O–H groups in total. The summed E-state index contributed by atoms with van der Waals surface area (Å²) in [5, 5.41) is 23.2. The molecule has 6 heteroatoms. The van der Waals surface area contributed by atoms with Gasteiger partial charge in [-0.05, 0) is 25.7 Å². The molecule has 1 aliphatic heterocycles.